The molecular weight excluding hydrogens is 222 g/mol. The van der Waals surface area contributed by atoms with Gasteiger partial charge in [-0.1, -0.05) is 60.7 Å². The number of hydrogen-bond acceptors (Lipinski definition) is 2. The fourth-order valence-electron chi connectivity index (χ4n) is 1.90. The molecule has 18 heavy (non-hydrogen) atoms. The number of rotatable bonds is 6. The van der Waals surface area contributed by atoms with Crippen LogP contribution in [0.2, 0.25) is 0 Å². The fourth-order valence-corrected chi connectivity index (χ4v) is 1.90. The van der Waals surface area contributed by atoms with Crippen molar-refractivity contribution in [2.75, 3.05) is 13.6 Å². The Kier molecular flexibility index (Phi) is 4.94. The Morgan fingerprint density at radius 2 is 1.56 bits per heavy atom. The van der Waals surface area contributed by atoms with Crippen LogP contribution in [0.15, 0.2) is 60.7 Å². The molecule has 2 rings (SSSR count). The van der Waals surface area contributed by atoms with Crippen molar-refractivity contribution < 1.29 is 4.74 Å². The third kappa shape index (κ3) is 3.69. The van der Waals surface area contributed by atoms with Crippen LogP contribution in [0.25, 0.3) is 0 Å². The number of hydrogen-bond donors (Lipinski definition) is 1. The minimum atomic E-state index is 0.0939. The van der Waals surface area contributed by atoms with Gasteiger partial charge in [0.05, 0.1) is 12.7 Å². The first kappa shape index (κ1) is 12.8. The van der Waals surface area contributed by atoms with Crippen molar-refractivity contribution in [1.29, 1.82) is 0 Å². The standard InChI is InChI=1S/C16H19NO/c1-17-12-16(15-10-6-3-7-11-15)18-13-14-8-4-2-5-9-14/h2-11,16-17H,12-13H2,1H3. The highest BCUT2D eigenvalue weighted by Crippen LogP contribution is 2.18. The molecule has 0 saturated carbocycles. The Bertz CT molecular complexity index is 441. The van der Waals surface area contributed by atoms with Crippen molar-refractivity contribution >= 4 is 0 Å². The maximum absolute atomic E-state index is 5.99. The number of likely N-dealkylation sites (N-methyl/N-ethyl adjacent to an activating group) is 1. The summed E-state index contributed by atoms with van der Waals surface area (Å²) in [6, 6.07) is 20.6. The molecule has 2 aromatic carbocycles. The molecule has 0 saturated heterocycles. The van der Waals surface area contributed by atoms with Gasteiger partial charge in [0, 0.05) is 6.54 Å². The van der Waals surface area contributed by atoms with Crippen molar-refractivity contribution in [2.45, 2.75) is 12.7 Å². The van der Waals surface area contributed by atoms with Crippen LogP contribution in [-0.2, 0) is 11.3 Å². The van der Waals surface area contributed by atoms with E-state index in [4.69, 9.17) is 4.74 Å². The molecule has 0 aromatic heterocycles. The molecule has 2 aromatic rings. The molecule has 0 heterocycles. The molecule has 2 heteroatoms. The summed E-state index contributed by atoms with van der Waals surface area (Å²) in [5, 5.41) is 3.18. The van der Waals surface area contributed by atoms with Crippen LogP contribution >= 0.6 is 0 Å². The van der Waals surface area contributed by atoms with E-state index < -0.39 is 0 Å². The third-order valence-electron chi connectivity index (χ3n) is 2.85. The molecule has 1 unspecified atom stereocenters. The number of nitrogens with one attached hydrogen (secondary N) is 1. The summed E-state index contributed by atoms with van der Waals surface area (Å²) in [7, 11) is 1.95. The summed E-state index contributed by atoms with van der Waals surface area (Å²) in [5.74, 6) is 0. The second-order valence-electron chi connectivity index (χ2n) is 4.25. The summed E-state index contributed by atoms with van der Waals surface area (Å²) >= 11 is 0. The molecule has 0 aliphatic rings. The van der Waals surface area contributed by atoms with Crippen molar-refractivity contribution in [3.05, 3.63) is 71.8 Å². The molecule has 0 spiro atoms. The first-order valence-corrected chi connectivity index (χ1v) is 6.25. The number of benzene rings is 2. The lowest BCUT2D eigenvalue weighted by molar-refractivity contribution is 0.0411. The molecule has 0 fully saturated rings. The molecule has 0 aliphatic carbocycles. The van der Waals surface area contributed by atoms with E-state index in [1.165, 1.54) is 11.1 Å². The van der Waals surface area contributed by atoms with Crippen LogP contribution < -0.4 is 5.32 Å². The lowest BCUT2D eigenvalue weighted by atomic mass is 10.1. The van der Waals surface area contributed by atoms with Gasteiger partial charge in [-0.05, 0) is 18.2 Å². The Balaban J connectivity index is 1.99. The van der Waals surface area contributed by atoms with Gasteiger partial charge in [0.15, 0.2) is 0 Å². The normalized spacial score (nSPS) is 12.3. The topological polar surface area (TPSA) is 21.3 Å². The lowest BCUT2D eigenvalue weighted by Gasteiger charge is -2.18. The summed E-state index contributed by atoms with van der Waals surface area (Å²) in [4.78, 5) is 0. The van der Waals surface area contributed by atoms with Crippen molar-refractivity contribution in [1.82, 2.24) is 5.32 Å². The highest BCUT2D eigenvalue weighted by molar-refractivity contribution is 5.18. The second-order valence-corrected chi connectivity index (χ2v) is 4.25. The average Bonchev–Trinajstić information content (AvgIpc) is 2.45. The van der Waals surface area contributed by atoms with Crippen LogP contribution in [0.4, 0.5) is 0 Å². The van der Waals surface area contributed by atoms with Gasteiger partial charge in [-0.3, -0.25) is 0 Å². The summed E-state index contributed by atoms with van der Waals surface area (Å²) < 4.78 is 5.99. The van der Waals surface area contributed by atoms with E-state index in [0.717, 1.165) is 6.54 Å². The van der Waals surface area contributed by atoms with Crippen LogP contribution in [0.1, 0.15) is 17.2 Å². The highest BCUT2D eigenvalue weighted by atomic mass is 16.5. The Morgan fingerprint density at radius 3 is 2.17 bits per heavy atom. The molecule has 1 atom stereocenters. The molecular formula is C16H19NO. The van der Waals surface area contributed by atoms with Crippen LogP contribution in [0, 0.1) is 0 Å². The van der Waals surface area contributed by atoms with Crippen molar-refractivity contribution in [3.8, 4) is 0 Å². The van der Waals surface area contributed by atoms with Crippen LogP contribution in [0.5, 0.6) is 0 Å². The zero-order valence-electron chi connectivity index (χ0n) is 10.7. The molecule has 0 amide bonds. The fraction of sp³-hybridized carbons (Fsp3) is 0.250. The Hall–Kier alpha value is -1.64. The predicted molar refractivity (Wildman–Crippen MR) is 74.3 cm³/mol. The molecule has 0 aliphatic heterocycles. The maximum Gasteiger partial charge on any atom is 0.0953 e. The minimum Gasteiger partial charge on any atom is -0.368 e. The van der Waals surface area contributed by atoms with Crippen molar-refractivity contribution in [2.24, 2.45) is 0 Å². The molecule has 0 bridgehead atoms. The minimum absolute atomic E-state index is 0.0939. The van der Waals surface area contributed by atoms with Crippen LogP contribution in [0.3, 0.4) is 0 Å². The van der Waals surface area contributed by atoms with Gasteiger partial charge in [-0.25, -0.2) is 0 Å². The predicted octanol–water partition coefficient (Wildman–Crippen LogP) is 3.16. The lowest BCUT2D eigenvalue weighted by Crippen LogP contribution is -2.19. The van der Waals surface area contributed by atoms with E-state index in [1.54, 1.807) is 0 Å². The monoisotopic (exact) mass is 241 g/mol. The third-order valence-corrected chi connectivity index (χ3v) is 2.85. The van der Waals surface area contributed by atoms with Gasteiger partial charge in [-0.15, -0.1) is 0 Å². The first-order valence-electron chi connectivity index (χ1n) is 6.25. The van der Waals surface area contributed by atoms with Gasteiger partial charge >= 0.3 is 0 Å². The molecule has 2 nitrogen and oxygen atoms in total. The SMILES string of the molecule is CNCC(OCc1ccccc1)c1ccccc1. The summed E-state index contributed by atoms with van der Waals surface area (Å²) in [6.45, 7) is 1.46. The zero-order chi connectivity index (χ0) is 12.6. The van der Waals surface area contributed by atoms with E-state index >= 15 is 0 Å². The van der Waals surface area contributed by atoms with E-state index in [2.05, 4.69) is 29.6 Å². The summed E-state index contributed by atoms with van der Waals surface area (Å²) in [5.41, 5.74) is 2.41. The molecule has 94 valence electrons. The van der Waals surface area contributed by atoms with Crippen molar-refractivity contribution in [3.63, 3.8) is 0 Å². The number of ether oxygens (including phenoxy) is 1. The highest BCUT2D eigenvalue weighted by Gasteiger charge is 2.10. The van der Waals surface area contributed by atoms with Crippen LogP contribution in [-0.4, -0.2) is 13.6 Å². The van der Waals surface area contributed by atoms with Gasteiger partial charge in [0.1, 0.15) is 0 Å². The van der Waals surface area contributed by atoms with E-state index in [1.807, 2.05) is 43.4 Å². The quantitative estimate of drug-likeness (QED) is 0.838. The Morgan fingerprint density at radius 1 is 0.944 bits per heavy atom. The van der Waals surface area contributed by atoms with Gasteiger partial charge in [-0.2, -0.15) is 0 Å². The van der Waals surface area contributed by atoms with E-state index in [9.17, 15) is 0 Å². The second kappa shape index (κ2) is 6.94. The maximum atomic E-state index is 5.99. The molecule has 0 radical (unpaired) electrons. The van der Waals surface area contributed by atoms with E-state index in [0.29, 0.717) is 6.61 Å². The van der Waals surface area contributed by atoms with E-state index in [-0.39, 0.29) is 6.10 Å². The average molecular weight is 241 g/mol. The van der Waals surface area contributed by atoms with Gasteiger partial charge in [0.25, 0.3) is 0 Å². The largest absolute Gasteiger partial charge is 0.368 e. The smallest absolute Gasteiger partial charge is 0.0953 e. The van der Waals surface area contributed by atoms with Gasteiger partial charge < -0.3 is 10.1 Å². The zero-order valence-corrected chi connectivity index (χ0v) is 10.7. The molecule has 1 N–H and O–H groups in total. The summed E-state index contributed by atoms with van der Waals surface area (Å²) in [6.07, 6.45) is 0.0939. The first-order chi connectivity index (χ1) is 8.90. The van der Waals surface area contributed by atoms with Gasteiger partial charge in [0.2, 0.25) is 0 Å². The Labute approximate surface area is 109 Å².